The highest BCUT2D eigenvalue weighted by molar-refractivity contribution is 9.10. The third-order valence-corrected chi connectivity index (χ3v) is 14.8. The predicted octanol–water partition coefficient (Wildman–Crippen LogP) is 8.65. The fourth-order valence-electron chi connectivity index (χ4n) is 9.32. The summed E-state index contributed by atoms with van der Waals surface area (Å²) in [6, 6.07) is 13.8. The van der Waals surface area contributed by atoms with Crippen LogP contribution in [0.25, 0.3) is 10.9 Å². The summed E-state index contributed by atoms with van der Waals surface area (Å²) in [6.45, 7) is 9.07. The molecule has 20 heteroatoms. The van der Waals surface area contributed by atoms with Gasteiger partial charge < -0.3 is 29.7 Å². The largest absolute Gasteiger partial charge is 0.482 e. The molecule has 0 spiro atoms. The van der Waals surface area contributed by atoms with Crippen LogP contribution in [0, 0.1) is 11.6 Å². The molecule has 67 heavy (non-hydrogen) atoms. The molecule has 2 amide bonds. The van der Waals surface area contributed by atoms with Gasteiger partial charge in [-0.15, -0.1) is 0 Å². The minimum atomic E-state index is -4.58. The second kappa shape index (κ2) is 20.2. The Bertz CT molecular complexity index is 2690. The van der Waals surface area contributed by atoms with Crippen LogP contribution in [0.3, 0.4) is 0 Å². The average molecular weight is 1010 g/mol. The number of pyridine rings is 1. The molecule has 0 radical (unpaired) electrons. The number of hydrogen-bond acceptors (Lipinski definition) is 12. The number of fused-ring (bicyclic) bond motifs is 1. The number of para-hydroxylation sites is 1. The Morgan fingerprint density at radius 3 is 2.30 bits per heavy atom. The molecule has 0 aliphatic carbocycles. The van der Waals surface area contributed by atoms with E-state index in [1.54, 1.807) is 31.7 Å². The van der Waals surface area contributed by atoms with Crippen LogP contribution in [-0.4, -0.2) is 115 Å². The Kier molecular flexibility index (Phi) is 14.5. The van der Waals surface area contributed by atoms with E-state index >= 15 is 8.78 Å². The SMILES string of the molecule is CCc1cc(Nc2ncc(Br)c(Nc3cnc4ccccc4c3P(C)(C)=O)n2)c(OCC(F)(F)F)cc1N1CCC(N2CCN(CCc3cc(F)c(C4CCC(=O)NC4=O)c(F)c3)CC2)CC1. The fraction of sp³-hybridized carbons (Fsp3) is 0.426. The Morgan fingerprint density at radius 2 is 1.63 bits per heavy atom. The average Bonchev–Trinajstić information content (AvgIpc) is 3.28. The van der Waals surface area contributed by atoms with Gasteiger partial charge in [-0.1, -0.05) is 25.1 Å². The van der Waals surface area contributed by atoms with E-state index < -0.39 is 49.3 Å². The quantitative estimate of drug-likeness (QED) is 0.0557. The molecule has 3 fully saturated rings. The summed E-state index contributed by atoms with van der Waals surface area (Å²) in [5.74, 6) is -3.30. The Morgan fingerprint density at radius 1 is 0.910 bits per heavy atom. The van der Waals surface area contributed by atoms with Crippen LogP contribution in [-0.2, 0) is 27.0 Å². The first-order chi connectivity index (χ1) is 31.9. The summed E-state index contributed by atoms with van der Waals surface area (Å²) in [6.07, 6.45) is 1.36. The highest BCUT2D eigenvalue weighted by Gasteiger charge is 2.34. The number of aromatic nitrogens is 3. The van der Waals surface area contributed by atoms with Gasteiger partial charge in [0.05, 0.1) is 33.5 Å². The Balaban J connectivity index is 0.909. The number of aryl methyl sites for hydroxylation is 1. The first-order valence-corrected chi connectivity index (χ1v) is 25.7. The molecule has 1 atom stereocenters. The first-order valence-electron chi connectivity index (χ1n) is 22.3. The lowest BCUT2D eigenvalue weighted by Gasteiger charge is -2.43. The van der Waals surface area contributed by atoms with E-state index in [-0.39, 0.29) is 35.8 Å². The van der Waals surface area contributed by atoms with Crippen LogP contribution in [0.15, 0.2) is 65.4 Å². The number of piperazine rings is 1. The van der Waals surface area contributed by atoms with Crippen molar-refractivity contribution in [3.05, 3.63) is 93.7 Å². The molecular weight excluding hydrogens is 960 g/mol. The molecule has 3 aliphatic rings. The topological polar surface area (TPSA) is 145 Å². The third kappa shape index (κ3) is 11.4. The van der Waals surface area contributed by atoms with E-state index in [0.717, 1.165) is 55.7 Å². The normalized spacial score (nSPS) is 18.0. The lowest BCUT2D eigenvalue weighted by atomic mass is 9.89. The van der Waals surface area contributed by atoms with Gasteiger partial charge in [-0.2, -0.15) is 18.2 Å². The van der Waals surface area contributed by atoms with E-state index in [4.69, 9.17) is 4.74 Å². The van der Waals surface area contributed by atoms with Crippen molar-refractivity contribution < 1.29 is 40.8 Å². The number of anilines is 5. The van der Waals surface area contributed by atoms with Crippen molar-refractivity contribution in [2.75, 3.05) is 81.3 Å². The van der Waals surface area contributed by atoms with E-state index in [2.05, 4.69) is 61.5 Å². The molecule has 3 N–H and O–H groups in total. The maximum Gasteiger partial charge on any atom is 0.422 e. The van der Waals surface area contributed by atoms with Gasteiger partial charge in [0.25, 0.3) is 0 Å². The lowest BCUT2D eigenvalue weighted by molar-refractivity contribution is -0.153. The zero-order valence-corrected chi connectivity index (χ0v) is 39.8. The number of imide groups is 1. The van der Waals surface area contributed by atoms with Crippen molar-refractivity contribution in [2.45, 2.75) is 63.6 Å². The summed E-state index contributed by atoms with van der Waals surface area (Å²) >= 11 is 3.50. The molecule has 356 valence electrons. The van der Waals surface area contributed by atoms with Gasteiger partial charge in [0.2, 0.25) is 17.8 Å². The van der Waals surface area contributed by atoms with Crippen molar-refractivity contribution in [2.24, 2.45) is 0 Å². The van der Waals surface area contributed by atoms with Gasteiger partial charge >= 0.3 is 6.18 Å². The number of ether oxygens (including phenoxy) is 1. The summed E-state index contributed by atoms with van der Waals surface area (Å²) in [4.78, 5) is 44.3. The second-order valence-corrected chi connectivity index (χ2v) is 21.6. The Hall–Kier alpha value is -5.23. The zero-order valence-electron chi connectivity index (χ0n) is 37.4. The highest BCUT2D eigenvalue weighted by Crippen LogP contribution is 2.42. The zero-order chi connectivity index (χ0) is 47.6. The molecule has 1 unspecified atom stereocenters. The highest BCUT2D eigenvalue weighted by atomic mass is 79.9. The summed E-state index contributed by atoms with van der Waals surface area (Å²) in [5, 5.41) is 9.87. The lowest BCUT2D eigenvalue weighted by Crippen LogP contribution is -2.53. The number of halogens is 6. The van der Waals surface area contributed by atoms with Crippen molar-refractivity contribution in [3.63, 3.8) is 0 Å². The van der Waals surface area contributed by atoms with Gasteiger partial charge in [-0.05, 0) is 96.8 Å². The molecule has 2 aromatic heterocycles. The molecule has 5 heterocycles. The minimum Gasteiger partial charge on any atom is -0.482 e. The van der Waals surface area contributed by atoms with E-state index in [9.17, 15) is 27.3 Å². The number of benzene rings is 3. The smallest absolute Gasteiger partial charge is 0.422 e. The van der Waals surface area contributed by atoms with Crippen molar-refractivity contribution in [1.29, 1.82) is 0 Å². The third-order valence-electron chi connectivity index (χ3n) is 12.7. The fourth-order valence-corrected chi connectivity index (χ4v) is 11.1. The number of hydrogen-bond donors (Lipinski definition) is 3. The second-order valence-electron chi connectivity index (χ2n) is 17.6. The summed E-state index contributed by atoms with van der Waals surface area (Å²) < 4.78 is 90.7. The van der Waals surface area contributed by atoms with Gasteiger partial charge in [0, 0.05) is 92.5 Å². The molecule has 8 rings (SSSR count). The number of carbonyl (C=O) groups excluding carboxylic acids is 2. The number of nitrogens with zero attached hydrogens (tertiary/aromatic N) is 6. The molecular formula is C47H52BrF5N9O4P. The van der Waals surface area contributed by atoms with Crippen LogP contribution < -0.4 is 30.9 Å². The number of rotatable bonds is 14. The Labute approximate surface area is 393 Å². The minimum absolute atomic E-state index is 0.00143. The van der Waals surface area contributed by atoms with Gasteiger partial charge in [0.1, 0.15) is 30.3 Å². The van der Waals surface area contributed by atoms with E-state index in [1.165, 1.54) is 18.3 Å². The molecule has 3 aromatic carbocycles. The number of alkyl halides is 3. The molecule has 3 aliphatic heterocycles. The predicted molar refractivity (Wildman–Crippen MR) is 253 cm³/mol. The first kappa shape index (κ1) is 48.2. The van der Waals surface area contributed by atoms with Crippen LogP contribution in [0.2, 0.25) is 0 Å². The maximum absolute atomic E-state index is 15.1. The van der Waals surface area contributed by atoms with Gasteiger partial charge in [-0.3, -0.25) is 24.8 Å². The van der Waals surface area contributed by atoms with Gasteiger partial charge in [-0.25, -0.2) is 13.8 Å². The van der Waals surface area contributed by atoms with Crippen LogP contribution in [0.5, 0.6) is 5.75 Å². The van der Waals surface area contributed by atoms with Crippen LogP contribution in [0.4, 0.5) is 50.8 Å². The van der Waals surface area contributed by atoms with E-state index in [1.807, 2.05) is 31.2 Å². The molecule has 3 saturated heterocycles. The van der Waals surface area contributed by atoms with Crippen LogP contribution >= 0.6 is 23.1 Å². The number of piperidine rings is 2. The van der Waals surface area contributed by atoms with Crippen LogP contribution in [0.1, 0.15) is 55.2 Å². The molecule has 5 aromatic rings. The summed E-state index contributed by atoms with van der Waals surface area (Å²) in [7, 11) is -2.83. The molecule has 0 saturated carbocycles. The molecule has 13 nitrogen and oxygen atoms in total. The molecule has 0 bridgehead atoms. The number of nitrogens with one attached hydrogen (secondary N) is 3. The number of amides is 2. The van der Waals surface area contributed by atoms with E-state index in [0.29, 0.717) is 70.9 Å². The standard InChI is InChI=1S/C47H52BrF5N9O4P/c1-4-29-23-37(57-46-55-25-33(48)44(59-46)56-38-26-54-36-8-6-5-7-31(36)43(38)67(2,3)65)40(66-27-47(51,52)53)24-39(29)62-15-12-30(13-16-62)61-19-17-60(18-20-61)14-11-28-21-34(49)42(35(50)22-28)32-9-10-41(63)58-45(32)64/h5-8,21-26,30,32H,4,9-20,27H2,1-3H3,(H,58,63,64)(H2,55,56,57,59). The van der Waals surface area contributed by atoms with Crippen molar-refractivity contribution in [3.8, 4) is 5.75 Å². The van der Waals surface area contributed by atoms with Crippen molar-refractivity contribution in [1.82, 2.24) is 30.1 Å². The van der Waals surface area contributed by atoms with Crippen molar-refractivity contribution >= 4 is 79.9 Å². The maximum atomic E-state index is 15.1. The summed E-state index contributed by atoms with van der Waals surface area (Å²) in [5.41, 5.74) is 3.37. The number of carbonyl (C=O) groups is 2. The van der Waals surface area contributed by atoms with Gasteiger partial charge in [0.15, 0.2) is 6.61 Å². The monoisotopic (exact) mass is 1010 g/mol.